The van der Waals surface area contributed by atoms with Crippen molar-refractivity contribution in [2.45, 2.75) is 25.4 Å². The van der Waals surface area contributed by atoms with Crippen LogP contribution in [0.5, 0.6) is 0 Å². The molecule has 6 aromatic rings. The Kier molecular flexibility index (Phi) is 6.68. The normalized spacial score (nSPS) is 14.5. The molecular weight excluding hydrogens is 518 g/mol. The fourth-order valence-electron chi connectivity index (χ4n) is 5.17. The maximum absolute atomic E-state index is 4.91. The van der Waals surface area contributed by atoms with Gasteiger partial charge in [0, 0.05) is 54.8 Å². The van der Waals surface area contributed by atoms with Crippen molar-refractivity contribution in [3.05, 3.63) is 102 Å². The Hall–Kier alpha value is -4.54. The second kappa shape index (κ2) is 10.9. The van der Waals surface area contributed by atoms with Crippen molar-refractivity contribution in [1.82, 2.24) is 34.0 Å². The van der Waals surface area contributed by atoms with E-state index >= 15 is 0 Å². The average Bonchev–Trinajstić information content (AvgIpc) is 3.78. The predicted molar refractivity (Wildman–Crippen MR) is 160 cm³/mol. The number of aromatic nitrogens is 6. The van der Waals surface area contributed by atoms with Crippen LogP contribution in [0.2, 0.25) is 0 Å². The molecule has 7 rings (SSSR count). The molecule has 200 valence electrons. The molecule has 9 nitrogen and oxygen atoms in total. The van der Waals surface area contributed by atoms with E-state index in [0.717, 1.165) is 66.5 Å². The first-order valence-electron chi connectivity index (χ1n) is 13.4. The van der Waals surface area contributed by atoms with Crippen LogP contribution in [0.3, 0.4) is 0 Å². The molecule has 10 heteroatoms. The minimum Gasteiger partial charge on any atom is -0.365 e. The fourth-order valence-corrected chi connectivity index (χ4v) is 5.80. The van der Waals surface area contributed by atoms with Gasteiger partial charge in [0.05, 0.1) is 12.0 Å². The molecule has 40 heavy (non-hydrogen) atoms. The number of hydrogen-bond donors (Lipinski definition) is 2. The van der Waals surface area contributed by atoms with Gasteiger partial charge in [0.2, 0.25) is 5.95 Å². The maximum Gasteiger partial charge on any atom is 0.231 e. The lowest BCUT2D eigenvalue weighted by Crippen LogP contribution is -2.38. The summed E-state index contributed by atoms with van der Waals surface area (Å²) in [6.45, 7) is 3.07. The zero-order chi connectivity index (χ0) is 26.7. The van der Waals surface area contributed by atoms with Gasteiger partial charge in [0.1, 0.15) is 6.33 Å². The molecule has 2 N–H and O–H groups in total. The van der Waals surface area contributed by atoms with Crippen LogP contribution in [0.25, 0.3) is 22.5 Å². The van der Waals surface area contributed by atoms with Crippen LogP contribution in [0.15, 0.2) is 96.5 Å². The Morgan fingerprint density at radius 3 is 2.50 bits per heavy atom. The lowest BCUT2D eigenvalue weighted by Gasteiger charge is -2.32. The molecule has 0 amide bonds. The Morgan fingerprint density at radius 1 is 0.900 bits per heavy atom. The van der Waals surface area contributed by atoms with Gasteiger partial charge >= 0.3 is 0 Å². The summed E-state index contributed by atoms with van der Waals surface area (Å²) in [7, 11) is 0. The summed E-state index contributed by atoms with van der Waals surface area (Å²) < 4.78 is 3.99. The molecule has 4 aromatic heterocycles. The second-order valence-electron chi connectivity index (χ2n) is 9.99. The van der Waals surface area contributed by atoms with Crippen molar-refractivity contribution in [2.75, 3.05) is 23.7 Å². The minimum absolute atomic E-state index is 0.318. The van der Waals surface area contributed by atoms with Crippen molar-refractivity contribution in [3.8, 4) is 11.4 Å². The first-order chi connectivity index (χ1) is 19.8. The van der Waals surface area contributed by atoms with Gasteiger partial charge in [-0.3, -0.25) is 9.47 Å². The molecule has 0 spiro atoms. The molecule has 0 unspecified atom stereocenters. The van der Waals surface area contributed by atoms with E-state index in [4.69, 9.17) is 15.0 Å². The van der Waals surface area contributed by atoms with E-state index in [1.807, 2.05) is 45.9 Å². The number of hydrogen-bond acceptors (Lipinski definition) is 8. The Bertz CT molecular complexity index is 1670. The Morgan fingerprint density at radius 2 is 1.75 bits per heavy atom. The van der Waals surface area contributed by atoms with E-state index in [9.17, 15) is 0 Å². The smallest absolute Gasteiger partial charge is 0.231 e. The van der Waals surface area contributed by atoms with E-state index in [1.165, 1.54) is 5.56 Å². The first-order valence-corrected chi connectivity index (χ1v) is 14.4. The number of fused-ring (bicyclic) bond motifs is 1. The largest absolute Gasteiger partial charge is 0.365 e. The van der Waals surface area contributed by atoms with Gasteiger partial charge in [-0.1, -0.05) is 30.3 Å². The van der Waals surface area contributed by atoms with Gasteiger partial charge in [-0.05, 0) is 54.1 Å². The van der Waals surface area contributed by atoms with Crippen molar-refractivity contribution in [1.29, 1.82) is 0 Å². The highest BCUT2D eigenvalue weighted by Gasteiger charge is 2.22. The predicted octanol–water partition coefficient (Wildman–Crippen LogP) is 5.88. The third-order valence-electron chi connectivity index (χ3n) is 7.28. The summed E-state index contributed by atoms with van der Waals surface area (Å²) in [5, 5.41) is 11.3. The molecule has 5 heterocycles. The van der Waals surface area contributed by atoms with Crippen LogP contribution < -0.4 is 10.6 Å². The summed E-state index contributed by atoms with van der Waals surface area (Å²) in [4.78, 5) is 21.2. The molecule has 0 radical (unpaired) electrons. The van der Waals surface area contributed by atoms with Crippen molar-refractivity contribution >= 4 is 40.0 Å². The number of rotatable bonds is 8. The number of thiophene rings is 1. The van der Waals surface area contributed by atoms with Gasteiger partial charge in [-0.15, -0.1) is 0 Å². The zero-order valence-electron chi connectivity index (χ0n) is 21.9. The fraction of sp³-hybridized carbons (Fsp3) is 0.200. The van der Waals surface area contributed by atoms with Crippen LogP contribution in [-0.2, 0) is 6.54 Å². The average molecular weight is 548 g/mol. The van der Waals surface area contributed by atoms with Crippen molar-refractivity contribution < 1.29 is 0 Å². The topological polar surface area (TPSA) is 88.7 Å². The number of piperidine rings is 1. The molecule has 0 saturated carbocycles. The van der Waals surface area contributed by atoms with E-state index in [-0.39, 0.29) is 0 Å². The highest BCUT2D eigenvalue weighted by molar-refractivity contribution is 7.08. The van der Waals surface area contributed by atoms with Gasteiger partial charge in [-0.2, -0.15) is 21.3 Å². The summed E-state index contributed by atoms with van der Waals surface area (Å²) in [5.74, 6) is 1.29. The molecule has 0 aliphatic carbocycles. The standard InChI is InChI=1S/C30H29N9S/c1-2-4-22(5-3-1)18-37-14-10-24(11-15-37)33-28-27-29(39(21-32-27)26-12-17-40-19-26)36-30(35-28)34-23-6-8-25(9-7-23)38-16-13-31-20-38/h1-9,12-13,16-17,19-21,24H,10-11,14-15,18H2,(H2,33,34,35,36). The molecule has 1 fully saturated rings. The molecular formula is C30H29N9S. The van der Waals surface area contributed by atoms with Gasteiger partial charge in [-0.25, -0.2) is 9.97 Å². The highest BCUT2D eigenvalue weighted by atomic mass is 32.1. The van der Waals surface area contributed by atoms with E-state index in [2.05, 4.69) is 67.7 Å². The van der Waals surface area contributed by atoms with Crippen molar-refractivity contribution in [2.24, 2.45) is 0 Å². The monoisotopic (exact) mass is 547 g/mol. The number of imidazole rings is 2. The molecule has 1 aliphatic heterocycles. The molecule has 0 bridgehead atoms. The molecule has 1 saturated heterocycles. The Balaban J connectivity index is 1.13. The van der Waals surface area contributed by atoms with E-state index in [0.29, 0.717) is 12.0 Å². The number of nitrogens with one attached hydrogen (secondary N) is 2. The summed E-state index contributed by atoms with van der Waals surface area (Å²) in [6, 6.07) is 21.2. The quantitative estimate of drug-likeness (QED) is 0.246. The minimum atomic E-state index is 0.318. The van der Waals surface area contributed by atoms with Crippen molar-refractivity contribution in [3.63, 3.8) is 0 Å². The molecule has 2 aromatic carbocycles. The number of likely N-dealkylation sites (tertiary alicyclic amines) is 1. The third-order valence-corrected chi connectivity index (χ3v) is 7.95. The molecule has 0 atom stereocenters. The summed E-state index contributed by atoms with van der Waals surface area (Å²) in [6.07, 6.45) is 9.40. The highest BCUT2D eigenvalue weighted by Crippen LogP contribution is 2.28. The lowest BCUT2D eigenvalue weighted by molar-refractivity contribution is 0.211. The van der Waals surface area contributed by atoms with Gasteiger partial charge < -0.3 is 15.2 Å². The van der Waals surface area contributed by atoms with Crippen LogP contribution in [-0.4, -0.2) is 53.1 Å². The van der Waals surface area contributed by atoms with Crippen LogP contribution >= 0.6 is 11.3 Å². The number of benzene rings is 2. The third kappa shape index (κ3) is 5.18. The lowest BCUT2D eigenvalue weighted by atomic mass is 10.0. The number of anilines is 3. The van der Waals surface area contributed by atoms with Crippen LogP contribution in [0, 0.1) is 0 Å². The first kappa shape index (κ1) is 24.5. The van der Waals surface area contributed by atoms with E-state index in [1.54, 1.807) is 23.9 Å². The summed E-state index contributed by atoms with van der Waals surface area (Å²) >= 11 is 1.65. The second-order valence-corrected chi connectivity index (χ2v) is 10.8. The SMILES string of the molecule is c1ccc(CN2CCC(Nc3nc(Nc4ccc(-n5ccnc5)cc4)nc4c3ncn4-c3ccsc3)CC2)cc1. The zero-order valence-corrected chi connectivity index (χ0v) is 22.7. The van der Waals surface area contributed by atoms with Crippen LogP contribution in [0.1, 0.15) is 18.4 Å². The summed E-state index contributed by atoms with van der Waals surface area (Å²) in [5.41, 5.74) is 5.90. The van der Waals surface area contributed by atoms with Gasteiger partial charge in [0.15, 0.2) is 17.0 Å². The maximum atomic E-state index is 4.91. The van der Waals surface area contributed by atoms with E-state index < -0.39 is 0 Å². The molecule has 1 aliphatic rings. The van der Waals surface area contributed by atoms with Crippen LogP contribution in [0.4, 0.5) is 17.5 Å². The number of nitrogens with zero attached hydrogens (tertiary/aromatic N) is 7. The Labute approximate surface area is 236 Å². The van der Waals surface area contributed by atoms with Gasteiger partial charge in [0.25, 0.3) is 0 Å².